The van der Waals surface area contributed by atoms with E-state index in [1.54, 1.807) is 10.9 Å². The van der Waals surface area contributed by atoms with Crippen LogP contribution in [-0.4, -0.2) is 31.3 Å². The second-order valence-corrected chi connectivity index (χ2v) is 6.16. The third-order valence-corrected chi connectivity index (χ3v) is 4.35. The smallest absolute Gasteiger partial charge is 0.251 e. The third kappa shape index (κ3) is 2.82. The number of hydrogen-bond donors (Lipinski definition) is 1. The van der Waals surface area contributed by atoms with E-state index in [1.807, 2.05) is 49.6 Å². The van der Waals surface area contributed by atoms with Crippen molar-refractivity contribution < 1.29 is 4.79 Å². The predicted octanol–water partition coefficient (Wildman–Crippen LogP) is 2.12. The van der Waals surface area contributed by atoms with E-state index in [2.05, 4.69) is 20.0 Å². The molecular formula is C18H19N5O. The average molecular weight is 321 g/mol. The van der Waals surface area contributed by atoms with Gasteiger partial charge in [0.2, 0.25) is 0 Å². The highest BCUT2D eigenvalue weighted by Gasteiger charge is 2.21. The molecule has 3 aromatic rings. The highest BCUT2D eigenvalue weighted by atomic mass is 16.1. The van der Waals surface area contributed by atoms with Gasteiger partial charge in [-0.1, -0.05) is 0 Å². The number of rotatable bonds is 3. The van der Waals surface area contributed by atoms with Crippen LogP contribution in [0.1, 0.15) is 28.3 Å². The summed E-state index contributed by atoms with van der Waals surface area (Å²) in [6.45, 7) is 2.79. The molecule has 4 rings (SSSR count). The quantitative estimate of drug-likeness (QED) is 0.803. The van der Waals surface area contributed by atoms with Gasteiger partial charge >= 0.3 is 0 Å². The van der Waals surface area contributed by atoms with E-state index in [1.165, 1.54) is 0 Å². The number of amides is 1. The molecule has 6 nitrogen and oxygen atoms in total. The van der Waals surface area contributed by atoms with Crippen molar-refractivity contribution in [3.8, 4) is 5.69 Å². The number of aromatic nitrogens is 4. The lowest BCUT2D eigenvalue weighted by Crippen LogP contribution is -2.40. The minimum Gasteiger partial charge on any atom is -0.347 e. The van der Waals surface area contributed by atoms with Gasteiger partial charge in [0.15, 0.2) is 0 Å². The molecule has 122 valence electrons. The Hall–Kier alpha value is -2.89. The van der Waals surface area contributed by atoms with Gasteiger partial charge in [-0.15, -0.1) is 0 Å². The third-order valence-electron chi connectivity index (χ3n) is 4.35. The maximum Gasteiger partial charge on any atom is 0.251 e. The summed E-state index contributed by atoms with van der Waals surface area (Å²) in [5, 5.41) is 7.31. The highest BCUT2D eigenvalue weighted by Crippen LogP contribution is 2.16. The average Bonchev–Trinajstić information content (AvgIpc) is 3.23. The number of benzene rings is 1. The molecule has 0 bridgehead atoms. The summed E-state index contributed by atoms with van der Waals surface area (Å²) in [7, 11) is 0. The van der Waals surface area contributed by atoms with E-state index in [0.717, 1.165) is 36.6 Å². The van der Waals surface area contributed by atoms with Crippen LogP contribution in [-0.2, 0) is 13.0 Å². The zero-order chi connectivity index (χ0) is 16.5. The van der Waals surface area contributed by atoms with Gasteiger partial charge in [0.1, 0.15) is 5.82 Å². The molecule has 0 fully saturated rings. The Labute approximate surface area is 140 Å². The summed E-state index contributed by atoms with van der Waals surface area (Å²) in [5.74, 6) is 1.08. The van der Waals surface area contributed by atoms with Crippen molar-refractivity contribution in [2.24, 2.45) is 0 Å². The zero-order valence-electron chi connectivity index (χ0n) is 13.5. The van der Waals surface area contributed by atoms with Gasteiger partial charge < -0.3 is 9.88 Å². The van der Waals surface area contributed by atoms with Gasteiger partial charge in [-0.25, -0.2) is 9.67 Å². The minimum atomic E-state index is -0.0349. The van der Waals surface area contributed by atoms with Gasteiger partial charge in [0.25, 0.3) is 5.91 Å². The van der Waals surface area contributed by atoms with Gasteiger partial charge in [-0.05, 0) is 43.7 Å². The van der Waals surface area contributed by atoms with Crippen molar-refractivity contribution in [2.45, 2.75) is 32.4 Å². The number of carbonyl (C=O) groups excluding carboxylic acids is 1. The van der Waals surface area contributed by atoms with Crippen LogP contribution in [0.2, 0.25) is 0 Å². The summed E-state index contributed by atoms with van der Waals surface area (Å²) < 4.78 is 3.91. The van der Waals surface area contributed by atoms with Crippen molar-refractivity contribution in [2.75, 3.05) is 0 Å². The van der Waals surface area contributed by atoms with E-state index in [4.69, 9.17) is 0 Å². The molecule has 6 heteroatoms. The second kappa shape index (κ2) is 5.96. The Morgan fingerprint density at radius 3 is 2.88 bits per heavy atom. The molecule has 24 heavy (non-hydrogen) atoms. The topological polar surface area (TPSA) is 64.7 Å². The molecule has 1 atom stereocenters. The molecule has 1 unspecified atom stereocenters. The van der Waals surface area contributed by atoms with Crippen LogP contribution >= 0.6 is 0 Å². The van der Waals surface area contributed by atoms with Crippen molar-refractivity contribution in [3.05, 3.63) is 66.0 Å². The second-order valence-electron chi connectivity index (χ2n) is 6.16. The number of nitrogens with one attached hydrogen (secondary N) is 1. The number of hydrogen-bond acceptors (Lipinski definition) is 3. The summed E-state index contributed by atoms with van der Waals surface area (Å²) in [4.78, 5) is 17.0. The maximum absolute atomic E-state index is 12.5. The van der Waals surface area contributed by atoms with Gasteiger partial charge in [-0.2, -0.15) is 5.10 Å². The Balaban J connectivity index is 1.43. The van der Waals surface area contributed by atoms with Gasteiger partial charge in [0, 0.05) is 43.2 Å². The standard InChI is InChI=1S/C18H19N5O/c1-13-11-22-12-15(5-8-17(22)20-13)21-18(24)14-3-6-16(7-4-14)23-10-2-9-19-23/h2-4,6-7,9-11,15H,5,8,12H2,1H3,(H,21,24). The summed E-state index contributed by atoms with van der Waals surface area (Å²) in [6, 6.07) is 9.49. The highest BCUT2D eigenvalue weighted by molar-refractivity contribution is 5.94. The Bertz CT molecular complexity index is 848. The first-order valence-electron chi connectivity index (χ1n) is 8.12. The van der Waals surface area contributed by atoms with E-state index in [-0.39, 0.29) is 11.9 Å². The number of imidazole rings is 1. The van der Waals surface area contributed by atoms with Crippen molar-refractivity contribution in [1.82, 2.24) is 24.6 Å². The minimum absolute atomic E-state index is 0.0349. The fraction of sp³-hybridized carbons (Fsp3) is 0.278. The van der Waals surface area contributed by atoms with Crippen molar-refractivity contribution >= 4 is 5.91 Å². The molecule has 1 amide bonds. The number of fused-ring (bicyclic) bond motifs is 1. The van der Waals surface area contributed by atoms with E-state index in [0.29, 0.717) is 5.56 Å². The molecule has 0 saturated heterocycles. The van der Waals surface area contributed by atoms with Crippen LogP contribution in [0, 0.1) is 6.92 Å². The SMILES string of the molecule is Cc1cn2c(n1)CCC(NC(=O)c1ccc(-n3cccn3)cc1)C2. The van der Waals surface area contributed by atoms with Gasteiger partial charge in [-0.3, -0.25) is 4.79 Å². The molecule has 1 aliphatic rings. The first-order chi connectivity index (χ1) is 11.7. The maximum atomic E-state index is 12.5. The summed E-state index contributed by atoms with van der Waals surface area (Å²) in [6.07, 6.45) is 7.48. The molecule has 0 aliphatic carbocycles. The molecule has 0 saturated carbocycles. The monoisotopic (exact) mass is 321 g/mol. The first-order valence-corrected chi connectivity index (χ1v) is 8.12. The predicted molar refractivity (Wildman–Crippen MR) is 90.1 cm³/mol. The van der Waals surface area contributed by atoms with Crippen LogP contribution in [0.4, 0.5) is 0 Å². The van der Waals surface area contributed by atoms with E-state index in [9.17, 15) is 4.79 Å². The lowest BCUT2D eigenvalue weighted by molar-refractivity contribution is 0.0927. The van der Waals surface area contributed by atoms with Crippen molar-refractivity contribution in [1.29, 1.82) is 0 Å². The van der Waals surface area contributed by atoms with Crippen LogP contribution in [0.3, 0.4) is 0 Å². The molecule has 0 spiro atoms. The molecule has 1 N–H and O–H groups in total. The lowest BCUT2D eigenvalue weighted by atomic mass is 10.1. The first kappa shape index (κ1) is 14.7. The van der Waals surface area contributed by atoms with Crippen LogP contribution in [0.5, 0.6) is 0 Å². The Morgan fingerprint density at radius 2 is 2.12 bits per heavy atom. The molecule has 1 aliphatic heterocycles. The number of aryl methyl sites for hydroxylation is 2. The number of nitrogens with zero attached hydrogens (tertiary/aromatic N) is 4. The molecule has 3 heterocycles. The van der Waals surface area contributed by atoms with Crippen LogP contribution in [0.25, 0.3) is 5.69 Å². The van der Waals surface area contributed by atoms with Crippen LogP contribution in [0.15, 0.2) is 48.9 Å². The normalized spacial score (nSPS) is 16.6. The van der Waals surface area contributed by atoms with Crippen molar-refractivity contribution in [3.63, 3.8) is 0 Å². The number of carbonyl (C=O) groups is 1. The molecule has 2 aromatic heterocycles. The molecular weight excluding hydrogens is 302 g/mol. The lowest BCUT2D eigenvalue weighted by Gasteiger charge is -2.24. The van der Waals surface area contributed by atoms with E-state index < -0.39 is 0 Å². The fourth-order valence-corrected chi connectivity index (χ4v) is 3.16. The largest absolute Gasteiger partial charge is 0.347 e. The Kier molecular flexibility index (Phi) is 3.65. The van der Waals surface area contributed by atoms with E-state index >= 15 is 0 Å². The zero-order valence-corrected chi connectivity index (χ0v) is 13.5. The van der Waals surface area contributed by atoms with Crippen LogP contribution < -0.4 is 5.32 Å². The summed E-state index contributed by atoms with van der Waals surface area (Å²) >= 11 is 0. The van der Waals surface area contributed by atoms with Gasteiger partial charge in [0.05, 0.1) is 11.4 Å². The summed E-state index contributed by atoms with van der Waals surface area (Å²) in [5.41, 5.74) is 2.64. The fourth-order valence-electron chi connectivity index (χ4n) is 3.16. The molecule has 1 aromatic carbocycles. The molecule has 0 radical (unpaired) electrons. The Morgan fingerprint density at radius 1 is 1.29 bits per heavy atom.